The van der Waals surface area contributed by atoms with Crippen molar-refractivity contribution in [3.05, 3.63) is 0 Å². The third-order valence-corrected chi connectivity index (χ3v) is 8.25. The highest BCUT2D eigenvalue weighted by atomic mass is 16.6. The second-order valence-electron chi connectivity index (χ2n) is 15.0. The molecule has 0 aliphatic heterocycles. The van der Waals surface area contributed by atoms with Crippen LogP contribution in [0, 0.1) is 17.8 Å². The molecule has 0 saturated heterocycles. The minimum Gasteiger partial charge on any atom is -0.444 e. The van der Waals surface area contributed by atoms with E-state index in [4.69, 9.17) is 4.74 Å². The van der Waals surface area contributed by atoms with Crippen LogP contribution in [0.25, 0.3) is 0 Å². The van der Waals surface area contributed by atoms with Crippen molar-refractivity contribution in [1.29, 1.82) is 0 Å². The molecular formula is C35H66N4O7. The summed E-state index contributed by atoms with van der Waals surface area (Å²) in [4.78, 5) is 50.2. The highest BCUT2D eigenvalue weighted by Gasteiger charge is 2.31. The lowest BCUT2D eigenvalue weighted by molar-refractivity contribution is -0.128. The normalized spacial score (nSPS) is 16.8. The maximum Gasteiger partial charge on any atom is 0.407 e. The first-order valence-electron chi connectivity index (χ1n) is 17.7. The lowest BCUT2D eigenvalue weighted by Crippen LogP contribution is -2.50. The molecular weight excluding hydrogens is 588 g/mol. The molecule has 0 heterocycles. The van der Waals surface area contributed by atoms with Crippen LogP contribution in [-0.4, -0.2) is 77.0 Å². The summed E-state index contributed by atoms with van der Waals surface area (Å²) < 4.78 is 5.35. The van der Waals surface area contributed by atoms with Gasteiger partial charge >= 0.3 is 6.09 Å². The summed E-state index contributed by atoms with van der Waals surface area (Å²) in [6, 6.07) is -1.32. The second kappa shape index (κ2) is 22.2. The number of ether oxygens (including phenoxy) is 1. The Bertz CT molecular complexity index is 900. The highest BCUT2D eigenvalue weighted by Crippen LogP contribution is 2.28. The van der Waals surface area contributed by atoms with Gasteiger partial charge in [0, 0.05) is 19.5 Å². The number of alkyl carbamates (subject to hydrolysis) is 1. The summed E-state index contributed by atoms with van der Waals surface area (Å²) >= 11 is 0. The smallest absolute Gasteiger partial charge is 0.407 e. The molecule has 4 atom stereocenters. The SMILES string of the molecule is CC(C)CCNC(=O)CCCCCNC(=O)C[C@H](O)[C@H](CC1CCCCC1)NC(=O)C[C@H](O)[C@H](CC(C)C)NC(=O)OC(C)(C)C. The van der Waals surface area contributed by atoms with E-state index in [0.717, 1.165) is 51.4 Å². The van der Waals surface area contributed by atoms with E-state index in [-0.39, 0.29) is 30.6 Å². The monoisotopic (exact) mass is 654 g/mol. The zero-order chi connectivity index (χ0) is 34.7. The van der Waals surface area contributed by atoms with E-state index >= 15 is 0 Å². The van der Waals surface area contributed by atoms with Crippen LogP contribution in [0.3, 0.4) is 0 Å². The molecule has 1 aliphatic rings. The van der Waals surface area contributed by atoms with Crippen LogP contribution >= 0.6 is 0 Å². The van der Waals surface area contributed by atoms with E-state index in [2.05, 4.69) is 35.1 Å². The van der Waals surface area contributed by atoms with Gasteiger partial charge in [-0.1, -0.05) is 66.2 Å². The Kier molecular flexibility index (Phi) is 20.1. The molecule has 0 aromatic rings. The standard InChI is InChI=1S/C35H66N4O7/c1-24(2)17-19-37-31(42)16-12-9-13-18-36-32(43)22-29(40)28(21-26-14-10-8-11-15-26)38-33(44)23-30(41)27(20-25(3)4)39-34(45)46-35(5,6)7/h24-30,40-41H,8-23H2,1-7H3,(H,36,43)(H,37,42)(H,38,44)(H,39,45)/t27-,28-,29-,30-/m0/s1. The fourth-order valence-electron chi connectivity index (χ4n) is 5.78. The molecule has 11 nitrogen and oxygen atoms in total. The molecule has 0 bridgehead atoms. The average Bonchev–Trinajstić information content (AvgIpc) is 2.93. The van der Waals surface area contributed by atoms with E-state index in [0.29, 0.717) is 44.2 Å². The quantitative estimate of drug-likeness (QED) is 0.0975. The maximum atomic E-state index is 13.2. The molecule has 0 aromatic carbocycles. The number of unbranched alkanes of at least 4 members (excludes halogenated alkanes) is 2. The predicted molar refractivity (Wildman–Crippen MR) is 181 cm³/mol. The van der Waals surface area contributed by atoms with Gasteiger partial charge in [0.15, 0.2) is 0 Å². The van der Waals surface area contributed by atoms with Crippen molar-refractivity contribution in [2.24, 2.45) is 17.8 Å². The number of carbonyl (C=O) groups excluding carboxylic acids is 4. The Morgan fingerprint density at radius 1 is 0.739 bits per heavy atom. The van der Waals surface area contributed by atoms with Crippen molar-refractivity contribution in [2.75, 3.05) is 13.1 Å². The van der Waals surface area contributed by atoms with E-state index in [1.54, 1.807) is 20.8 Å². The average molecular weight is 655 g/mol. The lowest BCUT2D eigenvalue weighted by atomic mass is 9.83. The zero-order valence-corrected chi connectivity index (χ0v) is 29.8. The summed E-state index contributed by atoms with van der Waals surface area (Å²) in [5, 5.41) is 33.5. The van der Waals surface area contributed by atoms with Gasteiger partial charge in [-0.15, -0.1) is 0 Å². The first-order valence-corrected chi connectivity index (χ1v) is 17.7. The van der Waals surface area contributed by atoms with Crippen molar-refractivity contribution >= 4 is 23.8 Å². The minimum atomic E-state index is -1.16. The van der Waals surface area contributed by atoms with Crippen LogP contribution in [0.1, 0.15) is 138 Å². The molecule has 0 radical (unpaired) electrons. The fraction of sp³-hybridized carbons (Fsp3) is 0.886. The molecule has 6 N–H and O–H groups in total. The zero-order valence-electron chi connectivity index (χ0n) is 29.8. The molecule has 4 amide bonds. The number of aliphatic hydroxyl groups excluding tert-OH is 2. The summed E-state index contributed by atoms with van der Waals surface area (Å²) in [5.74, 6) is 0.362. The van der Waals surface area contributed by atoms with Crippen molar-refractivity contribution < 1.29 is 34.1 Å². The van der Waals surface area contributed by atoms with Gasteiger partial charge in [0.1, 0.15) is 5.60 Å². The largest absolute Gasteiger partial charge is 0.444 e. The van der Waals surface area contributed by atoms with Gasteiger partial charge in [0.05, 0.1) is 37.1 Å². The number of hydrogen-bond donors (Lipinski definition) is 6. The Hall–Kier alpha value is -2.40. The molecule has 1 aliphatic carbocycles. The van der Waals surface area contributed by atoms with Crippen LogP contribution in [0.15, 0.2) is 0 Å². The fourth-order valence-corrected chi connectivity index (χ4v) is 5.78. The lowest BCUT2D eigenvalue weighted by Gasteiger charge is -2.31. The summed E-state index contributed by atoms with van der Waals surface area (Å²) in [6.45, 7) is 14.6. The van der Waals surface area contributed by atoms with E-state index in [1.807, 2.05) is 13.8 Å². The molecule has 46 heavy (non-hydrogen) atoms. The van der Waals surface area contributed by atoms with Crippen molar-refractivity contribution in [3.8, 4) is 0 Å². The van der Waals surface area contributed by atoms with Crippen molar-refractivity contribution in [1.82, 2.24) is 21.3 Å². The number of aliphatic hydroxyl groups is 2. The Morgan fingerprint density at radius 2 is 1.35 bits per heavy atom. The second-order valence-corrected chi connectivity index (χ2v) is 15.0. The molecule has 1 rings (SSSR count). The van der Waals surface area contributed by atoms with Gasteiger partial charge in [-0.2, -0.15) is 0 Å². The molecule has 268 valence electrons. The molecule has 0 unspecified atom stereocenters. The van der Waals surface area contributed by atoms with Crippen LogP contribution in [0.4, 0.5) is 4.79 Å². The molecule has 1 fully saturated rings. The number of carbonyl (C=O) groups is 4. The number of rotatable bonds is 21. The van der Waals surface area contributed by atoms with Gasteiger partial charge in [-0.05, 0) is 70.6 Å². The number of hydrogen-bond acceptors (Lipinski definition) is 7. The topological polar surface area (TPSA) is 166 Å². The summed E-state index contributed by atoms with van der Waals surface area (Å²) in [5.41, 5.74) is -0.700. The van der Waals surface area contributed by atoms with Crippen molar-refractivity contribution in [3.63, 3.8) is 0 Å². The van der Waals surface area contributed by atoms with Crippen LogP contribution < -0.4 is 21.3 Å². The maximum absolute atomic E-state index is 13.2. The first kappa shape index (κ1) is 41.6. The summed E-state index contributed by atoms with van der Waals surface area (Å²) in [7, 11) is 0. The van der Waals surface area contributed by atoms with E-state index in [9.17, 15) is 29.4 Å². The van der Waals surface area contributed by atoms with Gasteiger partial charge in [-0.3, -0.25) is 14.4 Å². The van der Waals surface area contributed by atoms with E-state index in [1.165, 1.54) is 6.42 Å². The Balaban J connectivity index is 2.64. The Morgan fingerprint density at radius 3 is 1.96 bits per heavy atom. The first-order chi connectivity index (χ1) is 21.6. The minimum absolute atomic E-state index is 0.0566. The van der Waals surface area contributed by atoms with Gasteiger partial charge in [0.25, 0.3) is 0 Å². The Labute approximate surface area is 278 Å². The summed E-state index contributed by atoms with van der Waals surface area (Å²) in [6.07, 6.45) is 6.85. The van der Waals surface area contributed by atoms with Crippen LogP contribution in [0.5, 0.6) is 0 Å². The molecule has 1 saturated carbocycles. The highest BCUT2D eigenvalue weighted by molar-refractivity contribution is 5.78. The molecule has 11 heteroatoms. The predicted octanol–water partition coefficient (Wildman–Crippen LogP) is 4.72. The van der Waals surface area contributed by atoms with Gasteiger partial charge < -0.3 is 36.2 Å². The number of nitrogens with one attached hydrogen (secondary N) is 4. The van der Waals surface area contributed by atoms with E-state index < -0.39 is 41.9 Å². The van der Waals surface area contributed by atoms with Crippen LogP contribution in [0.2, 0.25) is 0 Å². The van der Waals surface area contributed by atoms with Gasteiger partial charge in [-0.25, -0.2) is 4.79 Å². The molecule has 0 aromatic heterocycles. The number of amides is 4. The third-order valence-electron chi connectivity index (χ3n) is 8.25. The van der Waals surface area contributed by atoms with Crippen molar-refractivity contribution in [2.45, 2.75) is 168 Å². The van der Waals surface area contributed by atoms with Gasteiger partial charge in [0.2, 0.25) is 17.7 Å². The van der Waals surface area contributed by atoms with Crippen LogP contribution in [-0.2, 0) is 19.1 Å². The molecule has 0 spiro atoms. The third kappa shape index (κ3) is 20.7.